The third kappa shape index (κ3) is 4.62. The summed E-state index contributed by atoms with van der Waals surface area (Å²) in [6, 6.07) is 6.61. The highest BCUT2D eigenvalue weighted by Gasteiger charge is 2.24. The fourth-order valence-corrected chi connectivity index (χ4v) is 5.05. The average molecular weight is 410 g/mol. The Hall–Kier alpha value is -2.11. The van der Waals surface area contributed by atoms with Gasteiger partial charge in [-0.25, -0.2) is 4.79 Å². The molecular weight excluding hydrogens is 374 g/mol. The summed E-state index contributed by atoms with van der Waals surface area (Å²) in [6.45, 7) is 10.3. The molecule has 0 aliphatic carbocycles. The topological polar surface area (TPSA) is 37.7 Å². The molecule has 0 radical (unpaired) electrons. The van der Waals surface area contributed by atoms with Crippen LogP contribution in [-0.4, -0.2) is 60.2 Å². The fourth-order valence-electron chi connectivity index (χ4n) is 5.05. The Bertz CT molecular complexity index is 909. The van der Waals surface area contributed by atoms with E-state index >= 15 is 0 Å². The molecule has 30 heavy (non-hydrogen) atoms. The van der Waals surface area contributed by atoms with Crippen molar-refractivity contribution in [3.05, 3.63) is 41.1 Å². The maximum Gasteiger partial charge on any atom is 0.330 e. The van der Waals surface area contributed by atoms with Gasteiger partial charge in [-0.05, 0) is 68.2 Å². The van der Waals surface area contributed by atoms with Gasteiger partial charge in [0.05, 0.1) is 7.11 Å². The number of hydrogen-bond acceptors (Lipinski definition) is 4. The van der Waals surface area contributed by atoms with Gasteiger partial charge in [-0.1, -0.05) is 19.4 Å². The zero-order valence-corrected chi connectivity index (χ0v) is 18.5. The minimum atomic E-state index is -0.314. The van der Waals surface area contributed by atoms with Crippen LogP contribution < -0.4 is 0 Å². The summed E-state index contributed by atoms with van der Waals surface area (Å²) < 4.78 is 7.32. The maximum atomic E-state index is 11.5. The number of carbonyl (C=O) groups is 1. The van der Waals surface area contributed by atoms with Crippen molar-refractivity contribution in [1.82, 2.24) is 14.4 Å². The largest absolute Gasteiger partial charge is 0.466 e. The number of methoxy groups -OCH3 is 1. The molecule has 1 saturated heterocycles. The summed E-state index contributed by atoms with van der Waals surface area (Å²) in [7, 11) is 1.41. The van der Waals surface area contributed by atoms with Crippen LogP contribution in [0.4, 0.5) is 0 Å². The van der Waals surface area contributed by atoms with Crippen molar-refractivity contribution in [2.24, 2.45) is 0 Å². The first-order chi connectivity index (χ1) is 14.7. The summed E-state index contributed by atoms with van der Waals surface area (Å²) in [5.41, 5.74) is 5.39. The van der Waals surface area contributed by atoms with Crippen molar-refractivity contribution < 1.29 is 9.53 Å². The van der Waals surface area contributed by atoms with Crippen molar-refractivity contribution in [3.8, 4) is 0 Å². The quantitative estimate of drug-likeness (QED) is 0.510. The molecule has 2 aliphatic rings. The third-order valence-corrected chi connectivity index (χ3v) is 6.60. The number of esters is 1. The molecule has 0 spiro atoms. The van der Waals surface area contributed by atoms with Gasteiger partial charge in [-0.15, -0.1) is 0 Å². The highest BCUT2D eigenvalue weighted by atomic mass is 16.5. The summed E-state index contributed by atoms with van der Waals surface area (Å²) in [4.78, 5) is 16.7. The lowest BCUT2D eigenvalue weighted by Gasteiger charge is -2.29. The van der Waals surface area contributed by atoms with Crippen LogP contribution in [0.15, 0.2) is 24.3 Å². The predicted octanol–water partition coefficient (Wildman–Crippen LogP) is 4.08. The highest BCUT2D eigenvalue weighted by Crippen LogP contribution is 2.32. The number of benzene rings is 1. The number of carbonyl (C=O) groups excluding carboxylic acids is 1. The van der Waals surface area contributed by atoms with E-state index in [0.717, 1.165) is 44.7 Å². The molecule has 1 aromatic heterocycles. The number of piperidine rings is 1. The van der Waals surface area contributed by atoms with Gasteiger partial charge >= 0.3 is 5.97 Å². The number of nitrogens with zero attached hydrogens (tertiary/aromatic N) is 3. The van der Waals surface area contributed by atoms with E-state index in [1.807, 2.05) is 6.08 Å². The van der Waals surface area contributed by atoms with Crippen molar-refractivity contribution in [1.29, 1.82) is 0 Å². The van der Waals surface area contributed by atoms with Crippen molar-refractivity contribution in [3.63, 3.8) is 0 Å². The Labute approximate surface area is 180 Å². The molecule has 5 heteroatoms. The molecule has 1 fully saturated rings. The van der Waals surface area contributed by atoms with Gasteiger partial charge in [-0.3, -0.25) is 4.90 Å². The smallest absolute Gasteiger partial charge is 0.330 e. The van der Waals surface area contributed by atoms with Crippen LogP contribution in [0.5, 0.6) is 0 Å². The number of rotatable bonds is 7. The molecule has 162 valence electrons. The Morgan fingerprint density at radius 3 is 2.67 bits per heavy atom. The SMILES string of the molecule is CCCN1CCc2c(c3cc(/C=C/C(=O)OC)ccc3n2CCN2CCCCC2)C1. The Morgan fingerprint density at radius 1 is 1.07 bits per heavy atom. The molecule has 0 amide bonds. The summed E-state index contributed by atoms with van der Waals surface area (Å²) in [5, 5.41) is 1.34. The second-order valence-electron chi connectivity index (χ2n) is 8.64. The lowest BCUT2D eigenvalue weighted by molar-refractivity contribution is -0.134. The Morgan fingerprint density at radius 2 is 1.90 bits per heavy atom. The van der Waals surface area contributed by atoms with Crippen LogP contribution in [0.25, 0.3) is 17.0 Å². The van der Waals surface area contributed by atoms with E-state index < -0.39 is 0 Å². The first-order valence-electron chi connectivity index (χ1n) is 11.5. The standard InChI is InChI=1S/C25H35N3O2/c1-3-12-27-15-11-24-22(19-27)21-18-20(8-10-25(29)30-2)7-9-23(21)28(24)17-16-26-13-5-4-6-14-26/h7-10,18H,3-6,11-17,19H2,1-2H3/b10-8+. The van der Waals surface area contributed by atoms with Crippen molar-refractivity contribution in [2.45, 2.75) is 52.1 Å². The van der Waals surface area contributed by atoms with Gasteiger partial charge in [-0.2, -0.15) is 0 Å². The number of hydrogen-bond donors (Lipinski definition) is 0. The zero-order chi connectivity index (χ0) is 20.9. The lowest BCUT2D eigenvalue weighted by Crippen LogP contribution is -2.34. The molecule has 0 bridgehead atoms. The molecule has 0 atom stereocenters. The lowest BCUT2D eigenvalue weighted by atomic mass is 10.0. The molecule has 2 aliphatic heterocycles. The van der Waals surface area contributed by atoms with Gasteiger partial charge in [0.1, 0.15) is 0 Å². The highest BCUT2D eigenvalue weighted by molar-refractivity contribution is 5.91. The molecule has 3 heterocycles. The van der Waals surface area contributed by atoms with Crippen LogP contribution in [0.3, 0.4) is 0 Å². The van der Waals surface area contributed by atoms with Gasteiger partial charge in [0.25, 0.3) is 0 Å². The van der Waals surface area contributed by atoms with E-state index in [4.69, 9.17) is 4.74 Å². The van der Waals surface area contributed by atoms with Crippen molar-refractivity contribution >= 4 is 22.9 Å². The van der Waals surface area contributed by atoms with Gasteiger partial charge in [0.15, 0.2) is 0 Å². The third-order valence-electron chi connectivity index (χ3n) is 6.60. The van der Waals surface area contributed by atoms with Crippen molar-refractivity contribution in [2.75, 3.05) is 39.8 Å². The van der Waals surface area contributed by atoms with E-state index in [-0.39, 0.29) is 5.97 Å². The van der Waals surface area contributed by atoms with E-state index in [1.54, 1.807) is 0 Å². The first kappa shape index (κ1) is 21.1. The monoisotopic (exact) mass is 409 g/mol. The minimum Gasteiger partial charge on any atom is -0.466 e. The van der Waals surface area contributed by atoms with Crippen LogP contribution in [-0.2, 0) is 29.0 Å². The van der Waals surface area contributed by atoms with Gasteiger partial charge in [0.2, 0.25) is 0 Å². The minimum absolute atomic E-state index is 0.314. The zero-order valence-electron chi connectivity index (χ0n) is 18.5. The average Bonchev–Trinajstić information content (AvgIpc) is 3.09. The molecule has 0 unspecified atom stereocenters. The van der Waals surface area contributed by atoms with E-state index in [9.17, 15) is 4.79 Å². The van der Waals surface area contributed by atoms with Crippen LogP contribution in [0.1, 0.15) is 49.4 Å². The summed E-state index contributed by atoms with van der Waals surface area (Å²) in [5.74, 6) is -0.314. The molecule has 4 rings (SSSR count). The number of fused-ring (bicyclic) bond motifs is 3. The second kappa shape index (κ2) is 9.80. The first-order valence-corrected chi connectivity index (χ1v) is 11.5. The number of aromatic nitrogens is 1. The van der Waals surface area contributed by atoms with Crippen LogP contribution in [0, 0.1) is 0 Å². The molecule has 1 aromatic carbocycles. The Balaban J connectivity index is 1.66. The molecule has 2 aromatic rings. The van der Waals surface area contributed by atoms with Crippen LogP contribution in [0.2, 0.25) is 0 Å². The molecular formula is C25H35N3O2. The van der Waals surface area contributed by atoms with E-state index in [0.29, 0.717) is 0 Å². The Kier molecular flexibility index (Phi) is 6.90. The van der Waals surface area contributed by atoms with Gasteiger partial charge in [0, 0.05) is 55.3 Å². The predicted molar refractivity (Wildman–Crippen MR) is 123 cm³/mol. The number of ether oxygens (including phenoxy) is 1. The summed E-state index contributed by atoms with van der Waals surface area (Å²) in [6.07, 6.45) is 9.74. The summed E-state index contributed by atoms with van der Waals surface area (Å²) >= 11 is 0. The van der Waals surface area contributed by atoms with Gasteiger partial charge < -0.3 is 14.2 Å². The molecule has 0 saturated carbocycles. The van der Waals surface area contributed by atoms with E-state index in [2.05, 4.69) is 39.5 Å². The molecule has 0 N–H and O–H groups in total. The number of likely N-dealkylation sites (tertiary alicyclic amines) is 1. The second-order valence-corrected chi connectivity index (χ2v) is 8.64. The fraction of sp³-hybridized carbons (Fsp3) is 0.560. The molecule has 5 nitrogen and oxygen atoms in total. The van der Waals surface area contributed by atoms with Crippen LogP contribution >= 0.6 is 0 Å². The maximum absolute atomic E-state index is 11.5. The van der Waals surface area contributed by atoms with E-state index in [1.165, 1.54) is 74.1 Å². The normalized spacial score (nSPS) is 18.2.